The van der Waals surface area contributed by atoms with E-state index in [1.807, 2.05) is 13.2 Å². The number of anilines is 1. The van der Waals surface area contributed by atoms with Crippen molar-refractivity contribution in [2.24, 2.45) is 7.05 Å². The Bertz CT molecular complexity index is 579. The Morgan fingerprint density at radius 2 is 2.28 bits per heavy atom. The van der Waals surface area contributed by atoms with Gasteiger partial charge in [-0.2, -0.15) is 5.10 Å². The molecule has 2 rings (SSSR count). The molecule has 0 radical (unpaired) electrons. The van der Waals surface area contributed by atoms with Gasteiger partial charge >= 0.3 is 0 Å². The van der Waals surface area contributed by atoms with Gasteiger partial charge in [0.2, 0.25) is 0 Å². The highest BCUT2D eigenvalue weighted by Gasteiger charge is 2.11. The molecular weight excluding hydrogens is 234 g/mol. The van der Waals surface area contributed by atoms with E-state index in [2.05, 4.69) is 15.4 Å². The fourth-order valence-corrected chi connectivity index (χ4v) is 1.56. The molecule has 0 aliphatic heterocycles. The zero-order valence-electron chi connectivity index (χ0n) is 10.1. The number of nitro groups is 1. The summed E-state index contributed by atoms with van der Waals surface area (Å²) in [6.07, 6.45) is 5.09. The maximum absolute atomic E-state index is 10.8. The first kappa shape index (κ1) is 12.0. The largest absolute Gasteiger partial charge is 0.366 e. The fraction of sp³-hybridized carbons (Fsp3) is 0.273. The van der Waals surface area contributed by atoms with Crippen LogP contribution in [0, 0.1) is 17.0 Å². The van der Waals surface area contributed by atoms with Crippen LogP contribution in [0.3, 0.4) is 0 Å². The quantitative estimate of drug-likeness (QED) is 0.655. The molecule has 2 heterocycles. The van der Waals surface area contributed by atoms with Crippen molar-refractivity contribution in [3.05, 3.63) is 45.9 Å². The smallest absolute Gasteiger partial charge is 0.277 e. The molecule has 0 saturated heterocycles. The normalized spacial score (nSPS) is 10.3. The molecule has 0 atom stereocenters. The van der Waals surface area contributed by atoms with Crippen molar-refractivity contribution < 1.29 is 4.92 Å². The molecule has 0 spiro atoms. The number of aryl methyl sites for hydroxylation is 2. The molecule has 0 aliphatic rings. The van der Waals surface area contributed by atoms with Crippen LogP contribution in [0.4, 0.5) is 11.5 Å². The summed E-state index contributed by atoms with van der Waals surface area (Å²) in [6, 6.07) is 1.44. The van der Waals surface area contributed by atoms with Gasteiger partial charge in [-0.25, -0.2) is 4.98 Å². The Labute approximate surface area is 104 Å². The number of pyridine rings is 1. The molecule has 7 nitrogen and oxygen atoms in total. The number of nitrogens with zero attached hydrogens (tertiary/aromatic N) is 4. The summed E-state index contributed by atoms with van der Waals surface area (Å²) in [5, 5.41) is 17.9. The molecule has 0 unspecified atom stereocenters. The Kier molecular flexibility index (Phi) is 3.22. The molecule has 0 amide bonds. The second-order valence-corrected chi connectivity index (χ2v) is 3.99. The number of hydrogen-bond acceptors (Lipinski definition) is 5. The minimum absolute atomic E-state index is 0.0682. The van der Waals surface area contributed by atoms with Gasteiger partial charge in [0.15, 0.2) is 0 Å². The first-order valence-electron chi connectivity index (χ1n) is 5.38. The summed E-state index contributed by atoms with van der Waals surface area (Å²) in [6.45, 7) is 2.19. The molecule has 7 heteroatoms. The first-order chi connectivity index (χ1) is 8.56. The predicted molar refractivity (Wildman–Crippen MR) is 66.2 cm³/mol. The molecular formula is C11H13N5O2. The molecule has 0 fully saturated rings. The minimum atomic E-state index is -0.410. The van der Waals surface area contributed by atoms with Gasteiger partial charge in [-0.05, 0) is 6.92 Å². The summed E-state index contributed by atoms with van der Waals surface area (Å²) in [7, 11) is 1.83. The van der Waals surface area contributed by atoms with Crippen molar-refractivity contribution in [3.63, 3.8) is 0 Å². The highest BCUT2D eigenvalue weighted by molar-refractivity contribution is 5.49. The van der Waals surface area contributed by atoms with Crippen molar-refractivity contribution >= 4 is 11.5 Å². The van der Waals surface area contributed by atoms with Crippen molar-refractivity contribution in [2.45, 2.75) is 13.5 Å². The van der Waals surface area contributed by atoms with Gasteiger partial charge < -0.3 is 5.32 Å². The Hall–Kier alpha value is -2.44. The van der Waals surface area contributed by atoms with Gasteiger partial charge in [-0.15, -0.1) is 0 Å². The first-order valence-corrected chi connectivity index (χ1v) is 5.38. The van der Waals surface area contributed by atoms with E-state index in [1.165, 1.54) is 12.3 Å². The van der Waals surface area contributed by atoms with E-state index in [1.54, 1.807) is 17.8 Å². The zero-order valence-corrected chi connectivity index (χ0v) is 10.1. The highest BCUT2D eigenvalue weighted by Crippen LogP contribution is 2.20. The molecule has 2 aromatic heterocycles. The third-order valence-electron chi connectivity index (χ3n) is 2.50. The second-order valence-electron chi connectivity index (χ2n) is 3.99. The van der Waals surface area contributed by atoms with Gasteiger partial charge in [0.25, 0.3) is 5.69 Å². The second kappa shape index (κ2) is 4.82. The molecule has 94 valence electrons. The topological polar surface area (TPSA) is 85.9 Å². The van der Waals surface area contributed by atoms with E-state index in [0.717, 1.165) is 5.56 Å². The Balaban J connectivity index is 2.10. The van der Waals surface area contributed by atoms with E-state index >= 15 is 0 Å². The number of nitrogens with one attached hydrogen (secondary N) is 1. The monoisotopic (exact) mass is 247 g/mol. The van der Waals surface area contributed by atoms with Crippen LogP contribution >= 0.6 is 0 Å². The van der Waals surface area contributed by atoms with E-state index < -0.39 is 4.92 Å². The molecule has 1 N–H and O–H groups in total. The average molecular weight is 247 g/mol. The van der Waals surface area contributed by atoms with Gasteiger partial charge in [-0.1, -0.05) is 0 Å². The average Bonchev–Trinajstić information content (AvgIpc) is 2.74. The minimum Gasteiger partial charge on any atom is -0.366 e. The van der Waals surface area contributed by atoms with E-state index in [-0.39, 0.29) is 5.69 Å². The van der Waals surface area contributed by atoms with Gasteiger partial charge in [0.05, 0.1) is 17.2 Å². The summed E-state index contributed by atoms with van der Waals surface area (Å²) >= 11 is 0. The number of rotatable bonds is 4. The molecule has 0 saturated carbocycles. The lowest BCUT2D eigenvalue weighted by Crippen LogP contribution is -2.02. The van der Waals surface area contributed by atoms with Crippen LogP contribution in [-0.2, 0) is 13.6 Å². The lowest BCUT2D eigenvalue weighted by molar-refractivity contribution is -0.385. The van der Waals surface area contributed by atoms with Crippen LogP contribution < -0.4 is 5.32 Å². The third-order valence-corrected chi connectivity index (χ3v) is 2.50. The molecule has 0 aliphatic carbocycles. The van der Waals surface area contributed by atoms with Gasteiger partial charge in [0, 0.05) is 37.1 Å². The SMILES string of the molecule is Cc1cnc(NCc2cnn(C)c2)cc1[N+](=O)[O-]. The maximum atomic E-state index is 10.8. The van der Waals surface area contributed by atoms with Gasteiger partial charge in [0.1, 0.15) is 5.82 Å². The lowest BCUT2D eigenvalue weighted by atomic mass is 10.2. The molecule has 0 aromatic carbocycles. The summed E-state index contributed by atoms with van der Waals surface area (Å²) in [4.78, 5) is 14.5. The van der Waals surface area contributed by atoms with Crippen molar-refractivity contribution in [1.82, 2.24) is 14.8 Å². The number of aromatic nitrogens is 3. The van der Waals surface area contributed by atoms with Crippen LogP contribution in [0.25, 0.3) is 0 Å². The molecule has 2 aromatic rings. The van der Waals surface area contributed by atoms with Crippen LogP contribution in [0.1, 0.15) is 11.1 Å². The van der Waals surface area contributed by atoms with E-state index in [0.29, 0.717) is 17.9 Å². The van der Waals surface area contributed by atoms with E-state index in [9.17, 15) is 10.1 Å². The fourth-order valence-electron chi connectivity index (χ4n) is 1.56. The lowest BCUT2D eigenvalue weighted by Gasteiger charge is -2.04. The van der Waals surface area contributed by atoms with Crippen molar-refractivity contribution in [3.8, 4) is 0 Å². The maximum Gasteiger partial charge on any atom is 0.277 e. The van der Waals surface area contributed by atoms with Crippen LogP contribution in [0.15, 0.2) is 24.7 Å². The standard InChI is InChI=1S/C11H13N5O2/c1-8-4-12-11(3-10(8)16(17)18)13-5-9-6-14-15(2)7-9/h3-4,6-7H,5H2,1-2H3,(H,12,13). The predicted octanol–water partition coefficient (Wildman–Crippen LogP) is 1.64. The molecule has 18 heavy (non-hydrogen) atoms. The Morgan fingerprint density at radius 3 is 2.89 bits per heavy atom. The van der Waals surface area contributed by atoms with Crippen molar-refractivity contribution in [2.75, 3.05) is 5.32 Å². The van der Waals surface area contributed by atoms with Crippen LogP contribution in [0.2, 0.25) is 0 Å². The summed E-state index contributed by atoms with van der Waals surface area (Å²) < 4.78 is 1.70. The number of hydrogen-bond donors (Lipinski definition) is 1. The summed E-state index contributed by atoms with van der Waals surface area (Å²) in [5.74, 6) is 0.483. The van der Waals surface area contributed by atoms with Gasteiger partial charge in [-0.3, -0.25) is 14.8 Å². The molecule has 0 bridgehead atoms. The zero-order chi connectivity index (χ0) is 13.1. The summed E-state index contributed by atoms with van der Waals surface area (Å²) in [5.41, 5.74) is 1.60. The van der Waals surface area contributed by atoms with Crippen LogP contribution in [0.5, 0.6) is 0 Å². The Morgan fingerprint density at radius 1 is 1.50 bits per heavy atom. The van der Waals surface area contributed by atoms with Crippen molar-refractivity contribution in [1.29, 1.82) is 0 Å². The third kappa shape index (κ3) is 2.62. The van der Waals surface area contributed by atoms with Crippen LogP contribution in [-0.4, -0.2) is 19.7 Å². The van der Waals surface area contributed by atoms with E-state index in [4.69, 9.17) is 0 Å². The highest BCUT2D eigenvalue weighted by atomic mass is 16.6.